The number of nitrogens with two attached hydrogens (primary N) is 1. The van der Waals surface area contributed by atoms with Crippen molar-refractivity contribution in [1.29, 1.82) is 0 Å². The third-order valence-corrected chi connectivity index (χ3v) is 3.95. The minimum atomic E-state index is 0.200. The molecule has 0 saturated carbocycles. The summed E-state index contributed by atoms with van der Waals surface area (Å²) in [6.45, 7) is 0.607. The van der Waals surface area contributed by atoms with E-state index in [9.17, 15) is 0 Å². The average molecular weight is 331 g/mol. The molecule has 18 heavy (non-hydrogen) atoms. The highest BCUT2D eigenvalue weighted by Crippen LogP contribution is 2.23. The number of rotatable bonds is 5. The Bertz CT molecular complexity index is 511. The van der Waals surface area contributed by atoms with Gasteiger partial charge in [0.15, 0.2) is 0 Å². The Labute approximate surface area is 116 Å². The molecule has 0 atom stereocenters. The fraction of sp³-hybridized carbons (Fsp3) is 0.222. The van der Waals surface area contributed by atoms with Crippen LogP contribution in [0.5, 0.6) is 6.01 Å². The SMILES string of the molecule is COc1nc(NN)nc(NCc2sccc2Br)n1. The summed E-state index contributed by atoms with van der Waals surface area (Å²) in [6.07, 6.45) is 0. The molecule has 0 unspecified atom stereocenters. The second-order valence-electron chi connectivity index (χ2n) is 3.16. The summed E-state index contributed by atoms with van der Waals surface area (Å²) in [7, 11) is 1.48. The number of hydrogen-bond donors (Lipinski definition) is 3. The monoisotopic (exact) mass is 330 g/mol. The quantitative estimate of drug-likeness (QED) is 0.565. The second kappa shape index (κ2) is 5.94. The van der Waals surface area contributed by atoms with E-state index in [-0.39, 0.29) is 12.0 Å². The molecular formula is C9H11BrN6OS. The van der Waals surface area contributed by atoms with Gasteiger partial charge in [-0.1, -0.05) is 0 Å². The normalized spacial score (nSPS) is 10.2. The van der Waals surface area contributed by atoms with Crippen molar-refractivity contribution in [3.63, 3.8) is 0 Å². The van der Waals surface area contributed by atoms with Gasteiger partial charge in [0.1, 0.15) is 0 Å². The molecule has 0 saturated heterocycles. The van der Waals surface area contributed by atoms with Gasteiger partial charge in [-0.25, -0.2) is 5.84 Å². The van der Waals surface area contributed by atoms with E-state index in [4.69, 9.17) is 10.6 Å². The van der Waals surface area contributed by atoms with Gasteiger partial charge in [0, 0.05) is 9.35 Å². The predicted molar refractivity (Wildman–Crippen MR) is 73.5 cm³/mol. The van der Waals surface area contributed by atoms with Crippen LogP contribution in [-0.4, -0.2) is 22.1 Å². The standard InChI is InChI=1S/C9H11BrN6OS/c1-17-9-14-7(13-8(15-9)16-11)12-4-6-5(10)2-3-18-6/h2-3H,4,11H2,1H3,(H2,12,13,14,15,16). The highest BCUT2D eigenvalue weighted by Gasteiger charge is 2.07. The molecule has 2 aromatic rings. The van der Waals surface area contributed by atoms with Gasteiger partial charge >= 0.3 is 6.01 Å². The first-order chi connectivity index (χ1) is 8.72. The van der Waals surface area contributed by atoms with Crippen LogP contribution in [0.1, 0.15) is 4.88 Å². The Hall–Kier alpha value is -1.45. The molecule has 2 rings (SSSR count). The third-order valence-electron chi connectivity index (χ3n) is 2.02. The largest absolute Gasteiger partial charge is 0.467 e. The first kappa shape index (κ1) is 13.0. The minimum Gasteiger partial charge on any atom is -0.467 e. The molecule has 2 heterocycles. The van der Waals surface area contributed by atoms with Gasteiger partial charge in [0.25, 0.3) is 0 Å². The molecule has 96 valence electrons. The van der Waals surface area contributed by atoms with Crippen LogP contribution in [0, 0.1) is 0 Å². The van der Waals surface area contributed by atoms with Crippen LogP contribution < -0.4 is 21.3 Å². The highest BCUT2D eigenvalue weighted by molar-refractivity contribution is 9.10. The molecule has 2 aromatic heterocycles. The topological polar surface area (TPSA) is 98.0 Å². The number of anilines is 2. The summed E-state index contributed by atoms with van der Waals surface area (Å²) in [5.74, 6) is 5.91. The number of nitrogen functional groups attached to an aromatic ring is 1. The van der Waals surface area contributed by atoms with Crippen LogP contribution in [0.25, 0.3) is 0 Å². The zero-order valence-corrected chi connectivity index (χ0v) is 11.9. The lowest BCUT2D eigenvalue weighted by Crippen LogP contribution is -2.14. The van der Waals surface area contributed by atoms with E-state index in [1.165, 1.54) is 7.11 Å². The molecule has 0 amide bonds. The number of ether oxygens (including phenoxy) is 1. The molecule has 7 nitrogen and oxygen atoms in total. The van der Waals surface area contributed by atoms with E-state index < -0.39 is 0 Å². The van der Waals surface area contributed by atoms with Crippen LogP contribution in [-0.2, 0) is 6.54 Å². The third kappa shape index (κ3) is 3.06. The lowest BCUT2D eigenvalue weighted by molar-refractivity contribution is 0.379. The Kier molecular flexibility index (Phi) is 4.28. The number of hydrogen-bond acceptors (Lipinski definition) is 8. The van der Waals surface area contributed by atoms with Crippen LogP contribution in [0.3, 0.4) is 0 Å². The second-order valence-corrected chi connectivity index (χ2v) is 5.01. The van der Waals surface area contributed by atoms with Crippen molar-refractivity contribution in [2.45, 2.75) is 6.54 Å². The molecule has 0 radical (unpaired) electrons. The van der Waals surface area contributed by atoms with Gasteiger partial charge in [0.2, 0.25) is 11.9 Å². The number of nitrogens with zero attached hydrogens (tertiary/aromatic N) is 3. The lowest BCUT2D eigenvalue weighted by Gasteiger charge is -2.07. The molecule has 0 bridgehead atoms. The van der Waals surface area contributed by atoms with Crippen LogP contribution in [0.15, 0.2) is 15.9 Å². The van der Waals surface area contributed by atoms with E-state index in [1.807, 2.05) is 11.4 Å². The molecular weight excluding hydrogens is 320 g/mol. The van der Waals surface area contributed by atoms with Crippen molar-refractivity contribution in [2.24, 2.45) is 5.84 Å². The molecule has 4 N–H and O–H groups in total. The summed E-state index contributed by atoms with van der Waals surface area (Å²) >= 11 is 5.09. The fourth-order valence-electron chi connectivity index (χ4n) is 1.20. The Morgan fingerprint density at radius 2 is 2.17 bits per heavy atom. The molecule has 9 heteroatoms. The number of thiophene rings is 1. The number of hydrazine groups is 1. The van der Waals surface area contributed by atoms with Gasteiger partial charge in [-0.05, 0) is 27.4 Å². The Balaban J connectivity index is 2.11. The van der Waals surface area contributed by atoms with Crippen molar-refractivity contribution >= 4 is 39.2 Å². The van der Waals surface area contributed by atoms with Crippen molar-refractivity contribution in [3.8, 4) is 6.01 Å². The zero-order chi connectivity index (χ0) is 13.0. The van der Waals surface area contributed by atoms with E-state index in [1.54, 1.807) is 11.3 Å². The van der Waals surface area contributed by atoms with E-state index in [0.29, 0.717) is 12.5 Å². The molecule has 0 aromatic carbocycles. The van der Waals surface area contributed by atoms with Gasteiger partial charge in [0.05, 0.1) is 13.7 Å². The van der Waals surface area contributed by atoms with Gasteiger partial charge < -0.3 is 10.1 Å². The van der Waals surface area contributed by atoms with E-state index in [2.05, 4.69) is 41.6 Å². The Morgan fingerprint density at radius 1 is 1.39 bits per heavy atom. The van der Waals surface area contributed by atoms with Crippen molar-refractivity contribution < 1.29 is 4.74 Å². The molecule has 0 fully saturated rings. The minimum absolute atomic E-state index is 0.200. The fourth-order valence-corrected chi connectivity index (χ4v) is 2.63. The maximum atomic E-state index is 5.27. The maximum absolute atomic E-state index is 5.27. The average Bonchev–Trinajstić information content (AvgIpc) is 2.81. The van der Waals surface area contributed by atoms with Crippen LogP contribution >= 0.6 is 27.3 Å². The number of nitrogens with one attached hydrogen (secondary N) is 2. The van der Waals surface area contributed by atoms with Crippen molar-refractivity contribution in [3.05, 3.63) is 20.8 Å². The molecule has 0 aliphatic heterocycles. The highest BCUT2D eigenvalue weighted by atomic mass is 79.9. The summed E-state index contributed by atoms with van der Waals surface area (Å²) in [6, 6.07) is 2.19. The zero-order valence-electron chi connectivity index (χ0n) is 9.48. The van der Waals surface area contributed by atoms with Crippen molar-refractivity contribution in [2.75, 3.05) is 17.9 Å². The predicted octanol–water partition coefficient (Wildman–Crippen LogP) is 1.60. The molecule has 0 aliphatic rings. The first-order valence-electron chi connectivity index (χ1n) is 4.95. The summed E-state index contributed by atoms with van der Waals surface area (Å²) in [5.41, 5.74) is 2.36. The van der Waals surface area contributed by atoms with Gasteiger partial charge in [-0.2, -0.15) is 15.0 Å². The van der Waals surface area contributed by atoms with Crippen LogP contribution in [0.2, 0.25) is 0 Å². The summed E-state index contributed by atoms with van der Waals surface area (Å²) < 4.78 is 6.01. The number of aromatic nitrogens is 3. The van der Waals surface area contributed by atoms with E-state index in [0.717, 1.165) is 9.35 Å². The molecule has 0 spiro atoms. The Morgan fingerprint density at radius 3 is 2.78 bits per heavy atom. The van der Waals surface area contributed by atoms with E-state index >= 15 is 0 Å². The smallest absolute Gasteiger partial charge is 0.322 e. The maximum Gasteiger partial charge on any atom is 0.322 e. The van der Waals surface area contributed by atoms with Crippen molar-refractivity contribution in [1.82, 2.24) is 15.0 Å². The number of methoxy groups -OCH3 is 1. The van der Waals surface area contributed by atoms with Gasteiger partial charge in [-0.15, -0.1) is 11.3 Å². The summed E-state index contributed by atoms with van der Waals surface area (Å²) in [4.78, 5) is 13.2. The number of halogens is 1. The first-order valence-corrected chi connectivity index (χ1v) is 6.62. The van der Waals surface area contributed by atoms with Crippen LogP contribution in [0.4, 0.5) is 11.9 Å². The van der Waals surface area contributed by atoms with Gasteiger partial charge in [-0.3, -0.25) is 5.43 Å². The molecule has 0 aliphatic carbocycles. The lowest BCUT2D eigenvalue weighted by atomic mass is 10.5. The summed E-state index contributed by atoms with van der Waals surface area (Å²) in [5, 5.41) is 5.08.